The maximum atomic E-state index is 12.0. The Bertz CT molecular complexity index is 472. The van der Waals surface area contributed by atoms with Gasteiger partial charge in [-0.25, -0.2) is 4.98 Å². The predicted molar refractivity (Wildman–Crippen MR) is 72.8 cm³/mol. The van der Waals surface area contributed by atoms with Crippen molar-refractivity contribution in [1.82, 2.24) is 15.6 Å². The average molecular weight is 282 g/mol. The summed E-state index contributed by atoms with van der Waals surface area (Å²) in [6.45, 7) is 2.50. The molecular weight excluding hydrogens is 264 g/mol. The van der Waals surface area contributed by atoms with Crippen LogP contribution in [-0.2, 0) is 4.79 Å². The normalized spacial score (nSPS) is 21.4. The van der Waals surface area contributed by atoms with E-state index in [-0.39, 0.29) is 17.9 Å². The van der Waals surface area contributed by atoms with Gasteiger partial charge in [0.05, 0.1) is 6.04 Å². The second-order valence-electron chi connectivity index (χ2n) is 4.67. The molecule has 0 saturated carbocycles. The number of carbonyl (C=O) groups is 2. The van der Waals surface area contributed by atoms with E-state index in [1.807, 2.05) is 6.92 Å². The zero-order valence-corrected chi connectivity index (χ0v) is 11.6. The van der Waals surface area contributed by atoms with E-state index in [4.69, 9.17) is 5.73 Å². The van der Waals surface area contributed by atoms with Crippen molar-refractivity contribution < 1.29 is 9.59 Å². The molecule has 1 saturated heterocycles. The van der Waals surface area contributed by atoms with Crippen molar-refractivity contribution in [2.45, 2.75) is 38.3 Å². The fraction of sp³-hybridized carbons (Fsp3) is 0.583. The third-order valence-electron chi connectivity index (χ3n) is 2.98. The molecule has 1 aromatic rings. The fourth-order valence-electron chi connectivity index (χ4n) is 1.91. The monoisotopic (exact) mass is 282 g/mol. The molecule has 2 heterocycles. The van der Waals surface area contributed by atoms with Crippen molar-refractivity contribution in [2.75, 3.05) is 6.54 Å². The van der Waals surface area contributed by atoms with Gasteiger partial charge in [0.15, 0.2) is 0 Å². The number of nitrogens with two attached hydrogens (primary N) is 1. The van der Waals surface area contributed by atoms with Crippen LogP contribution in [0.4, 0.5) is 0 Å². The van der Waals surface area contributed by atoms with E-state index in [1.165, 1.54) is 11.3 Å². The molecule has 1 fully saturated rings. The standard InChI is InChI=1S/C12H18N4O2S/c1-7(13)12-16-9(6-19-12)11(18)15-8-4-2-3-5-14-10(8)17/h6-8H,2-5,13H2,1H3,(H,14,17)(H,15,18). The first kappa shape index (κ1) is 14.0. The third kappa shape index (κ3) is 3.51. The van der Waals surface area contributed by atoms with Crippen molar-refractivity contribution in [3.63, 3.8) is 0 Å². The second kappa shape index (κ2) is 6.12. The summed E-state index contributed by atoms with van der Waals surface area (Å²) >= 11 is 1.36. The number of nitrogens with one attached hydrogen (secondary N) is 2. The van der Waals surface area contributed by atoms with Gasteiger partial charge in [0.1, 0.15) is 16.7 Å². The molecule has 0 spiro atoms. The van der Waals surface area contributed by atoms with Gasteiger partial charge < -0.3 is 16.4 Å². The van der Waals surface area contributed by atoms with E-state index < -0.39 is 6.04 Å². The number of nitrogens with zero attached hydrogens (tertiary/aromatic N) is 1. The van der Waals surface area contributed by atoms with Crippen LogP contribution in [0.25, 0.3) is 0 Å². The maximum Gasteiger partial charge on any atom is 0.271 e. The molecule has 2 unspecified atom stereocenters. The van der Waals surface area contributed by atoms with E-state index in [2.05, 4.69) is 15.6 Å². The molecule has 1 aliphatic rings. The molecule has 19 heavy (non-hydrogen) atoms. The first-order valence-corrected chi connectivity index (χ1v) is 7.25. The van der Waals surface area contributed by atoms with Gasteiger partial charge in [-0.15, -0.1) is 11.3 Å². The molecule has 6 nitrogen and oxygen atoms in total. The first-order chi connectivity index (χ1) is 9.08. The van der Waals surface area contributed by atoms with Crippen LogP contribution < -0.4 is 16.4 Å². The lowest BCUT2D eigenvalue weighted by molar-refractivity contribution is -0.122. The molecule has 7 heteroatoms. The van der Waals surface area contributed by atoms with Gasteiger partial charge in [0, 0.05) is 11.9 Å². The van der Waals surface area contributed by atoms with Gasteiger partial charge in [-0.3, -0.25) is 9.59 Å². The number of thiazole rings is 1. The second-order valence-corrected chi connectivity index (χ2v) is 5.56. The van der Waals surface area contributed by atoms with Crippen LogP contribution >= 0.6 is 11.3 Å². The smallest absolute Gasteiger partial charge is 0.271 e. The average Bonchev–Trinajstić information content (AvgIpc) is 2.78. The molecule has 0 aromatic carbocycles. The molecule has 0 aliphatic carbocycles. The van der Waals surface area contributed by atoms with Gasteiger partial charge in [-0.1, -0.05) is 0 Å². The number of hydrogen-bond donors (Lipinski definition) is 3. The number of amides is 2. The number of rotatable bonds is 3. The van der Waals surface area contributed by atoms with Gasteiger partial charge in [0.2, 0.25) is 5.91 Å². The zero-order valence-electron chi connectivity index (χ0n) is 10.8. The Morgan fingerprint density at radius 1 is 1.63 bits per heavy atom. The molecule has 2 amide bonds. The highest BCUT2D eigenvalue weighted by molar-refractivity contribution is 7.09. The lowest BCUT2D eigenvalue weighted by atomic mass is 10.1. The Hall–Kier alpha value is -1.47. The largest absolute Gasteiger partial charge is 0.354 e. The van der Waals surface area contributed by atoms with Crippen molar-refractivity contribution in [1.29, 1.82) is 0 Å². The van der Waals surface area contributed by atoms with E-state index in [0.29, 0.717) is 18.7 Å². The Balaban J connectivity index is 2.00. The summed E-state index contributed by atoms with van der Waals surface area (Å²) in [5, 5.41) is 7.90. The van der Waals surface area contributed by atoms with Crippen molar-refractivity contribution in [3.05, 3.63) is 16.1 Å². The lowest BCUT2D eigenvalue weighted by Crippen LogP contribution is -2.45. The van der Waals surface area contributed by atoms with Gasteiger partial charge in [0.25, 0.3) is 5.91 Å². The van der Waals surface area contributed by atoms with Crippen LogP contribution in [0.1, 0.15) is 47.7 Å². The highest BCUT2D eigenvalue weighted by Crippen LogP contribution is 2.16. The molecule has 1 aromatic heterocycles. The van der Waals surface area contributed by atoms with Gasteiger partial charge in [-0.2, -0.15) is 0 Å². The fourth-order valence-corrected chi connectivity index (χ4v) is 2.67. The highest BCUT2D eigenvalue weighted by Gasteiger charge is 2.24. The summed E-state index contributed by atoms with van der Waals surface area (Å²) in [6.07, 6.45) is 2.54. The third-order valence-corrected chi connectivity index (χ3v) is 4.03. The highest BCUT2D eigenvalue weighted by atomic mass is 32.1. The lowest BCUT2D eigenvalue weighted by Gasteiger charge is -2.14. The molecule has 0 bridgehead atoms. The van der Waals surface area contributed by atoms with Crippen LogP contribution in [0.3, 0.4) is 0 Å². The summed E-state index contributed by atoms with van der Waals surface area (Å²) in [6, 6.07) is -0.650. The first-order valence-electron chi connectivity index (χ1n) is 6.37. The predicted octanol–water partition coefficient (Wildman–Crippen LogP) is 0.561. The summed E-state index contributed by atoms with van der Waals surface area (Å²) in [4.78, 5) is 27.9. The molecule has 0 radical (unpaired) electrons. The minimum atomic E-state index is -0.463. The van der Waals surface area contributed by atoms with Gasteiger partial charge in [-0.05, 0) is 26.2 Å². The molecule has 4 N–H and O–H groups in total. The summed E-state index contributed by atoms with van der Waals surface area (Å²) in [7, 11) is 0. The Morgan fingerprint density at radius 2 is 2.42 bits per heavy atom. The Kier molecular flexibility index (Phi) is 4.49. The van der Waals surface area contributed by atoms with E-state index >= 15 is 0 Å². The topological polar surface area (TPSA) is 97.1 Å². The van der Waals surface area contributed by atoms with Gasteiger partial charge >= 0.3 is 0 Å². The summed E-state index contributed by atoms with van der Waals surface area (Å²) in [5.74, 6) is -0.432. The summed E-state index contributed by atoms with van der Waals surface area (Å²) < 4.78 is 0. The van der Waals surface area contributed by atoms with Crippen LogP contribution in [0.5, 0.6) is 0 Å². The minimum Gasteiger partial charge on any atom is -0.354 e. The molecule has 1 aliphatic heterocycles. The molecule has 2 atom stereocenters. The quantitative estimate of drug-likeness (QED) is 0.754. The molecular formula is C12H18N4O2S. The van der Waals surface area contributed by atoms with Crippen LogP contribution in [0.2, 0.25) is 0 Å². The van der Waals surface area contributed by atoms with Crippen molar-refractivity contribution >= 4 is 23.2 Å². The van der Waals surface area contributed by atoms with E-state index in [9.17, 15) is 9.59 Å². The van der Waals surface area contributed by atoms with Crippen LogP contribution in [0, 0.1) is 0 Å². The summed E-state index contributed by atoms with van der Waals surface area (Å²) in [5.41, 5.74) is 6.03. The van der Waals surface area contributed by atoms with Crippen LogP contribution in [0.15, 0.2) is 5.38 Å². The number of carbonyl (C=O) groups excluding carboxylic acids is 2. The van der Waals surface area contributed by atoms with Crippen LogP contribution in [-0.4, -0.2) is 29.4 Å². The number of aromatic nitrogens is 1. The maximum absolute atomic E-state index is 12.0. The van der Waals surface area contributed by atoms with E-state index in [1.54, 1.807) is 5.38 Å². The van der Waals surface area contributed by atoms with Crippen molar-refractivity contribution in [3.8, 4) is 0 Å². The minimum absolute atomic E-state index is 0.117. The molecule has 104 valence electrons. The Labute approximate surface area is 115 Å². The Morgan fingerprint density at radius 3 is 3.11 bits per heavy atom. The zero-order chi connectivity index (χ0) is 13.8. The SMILES string of the molecule is CC(N)c1nc(C(=O)NC2CCCCNC2=O)cs1. The van der Waals surface area contributed by atoms with E-state index in [0.717, 1.165) is 17.8 Å². The number of hydrogen-bond acceptors (Lipinski definition) is 5. The van der Waals surface area contributed by atoms with Crippen molar-refractivity contribution in [2.24, 2.45) is 5.73 Å². The molecule has 2 rings (SSSR count).